The first kappa shape index (κ1) is 19.0. The summed E-state index contributed by atoms with van der Waals surface area (Å²) in [6.07, 6.45) is 0. The van der Waals surface area contributed by atoms with Crippen LogP contribution in [0, 0.1) is 6.92 Å². The molecule has 0 bridgehead atoms. The van der Waals surface area contributed by atoms with Crippen molar-refractivity contribution < 1.29 is 4.74 Å². The van der Waals surface area contributed by atoms with Crippen LogP contribution >= 0.6 is 0 Å². The highest BCUT2D eigenvalue weighted by Crippen LogP contribution is 2.31. The number of fused-ring (bicyclic) bond motifs is 3. The number of aromatic nitrogens is 3. The van der Waals surface area contributed by atoms with E-state index in [1.807, 2.05) is 12.1 Å². The van der Waals surface area contributed by atoms with Gasteiger partial charge in [0.25, 0.3) is 0 Å². The highest BCUT2D eigenvalue weighted by atomic mass is 16.5. The summed E-state index contributed by atoms with van der Waals surface area (Å²) in [6.45, 7) is 5.54. The second-order valence-corrected chi connectivity index (χ2v) is 8.27. The fourth-order valence-electron chi connectivity index (χ4n) is 4.41. The summed E-state index contributed by atoms with van der Waals surface area (Å²) in [7, 11) is 0. The van der Waals surface area contributed by atoms with Crippen molar-refractivity contribution in [1.82, 2.24) is 14.4 Å². The van der Waals surface area contributed by atoms with Gasteiger partial charge in [-0.05, 0) is 42.8 Å². The smallest absolute Gasteiger partial charge is 0.235 e. The summed E-state index contributed by atoms with van der Waals surface area (Å²) in [5, 5.41) is 0. The van der Waals surface area contributed by atoms with Crippen LogP contribution in [0.4, 0.5) is 5.69 Å². The molecule has 0 N–H and O–H groups in total. The molecule has 0 spiro atoms. The molecule has 0 aliphatic carbocycles. The van der Waals surface area contributed by atoms with Crippen molar-refractivity contribution in [3.63, 3.8) is 0 Å². The zero-order chi connectivity index (χ0) is 21.5. The first-order chi connectivity index (χ1) is 15.8. The van der Waals surface area contributed by atoms with Crippen molar-refractivity contribution in [3.05, 3.63) is 84.4 Å². The predicted molar refractivity (Wildman–Crippen MR) is 129 cm³/mol. The molecule has 5 heteroatoms. The number of hydrogen-bond acceptors (Lipinski definition) is 4. The second kappa shape index (κ2) is 7.77. The Hall–Kier alpha value is -3.70. The number of benzene rings is 3. The van der Waals surface area contributed by atoms with Crippen molar-refractivity contribution in [2.75, 3.05) is 31.2 Å². The summed E-state index contributed by atoms with van der Waals surface area (Å²) >= 11 is 0. The van der Waals surface area contributed by atoms with E-state index in [1.165, 1.54) is 11.3 Å². The van der Waals surface area contributed by atoms with Crippen LogP contribution in [0.25, 0.3) is 39.3 Å². The molecule has 0 atom stereocenters. The van der Waals surface area contributed by atoms with Gasteiger partial charge in [0.15, 0.2) is 0 Å². The lowest BCUT2D eigenvalue weighted by Gasteiger charge is -2.29. The number of hydrogen-bond donors (Lipinski definition) is 0. The largest absolute Gasteiger partial charge is 0.378 e. The van der Waals surface area contributed by atoms with E-state index in [1.54, 1.807) is 0 Å². The molecule has 3 heterocycles. The number of anilines is 1. The molecule has 32 heavy (non-hydrogen) atoms. The molecule has 1 aliphatic rings. The molecule has 1 saturated heterocycles. The van der Waals surface area contributed by atoms with Crippen LogP contribution in [0.15, 0.2) is 78.9 Å². The van der Waals surface area contributed by atoms with Gasteiger partial charge in [0.05, 0.1) is 35.6 Å². The van der Waals surface area contributed by atoms with Gasteiger partial charge in [-0.15, -0.1) is 0 Å². The van der Waals surface area contributed by atoms with Crippen LogP contribution in [0.3, 0.4) is 0 Å². The van der Waals surface area contributed by atoms with Gasteiger partial charge >= 0.3 is 0 Å². The predicted octanol–water partition coefficient (Wildman–Crippen LogP) is 5.36. The average Bonchev–Trinajstić information content (AvgIpc) is 3.23. The summed E-state index contributed by atoms with van der Waals surface area (Å²) in [4.78, 5) is 12.1. The van der Waals surface area contributed by atoms with Crippen LogP contribution in [0.2, 0.25) is 0 Å². The molecule has 0 radical (unpaired) electrons. The Morgan fingerprint density at radius 1 is 0.781 bits per heavy atom. The standard InChI is InChI=1S/C27H24N4O/c1-19-6-8-20(9-7-19)24-18-26(31-25-5-3-2-4-23(25)28-27(31)29-24)21-10-12-22(13-11-21)30-14-16-32-17-15-30/h2-13,18H,14-17H2,1H3. The van der Waals surface area contributed by atoms with E-state index in [0.717, 1.165) is 65.6 Å². The lowest BCUT2D eigenvalue weighted by Crippen LogP contribution is -2.36. The van der Waals surface area contributed by atoms with Crippen molar-refractivity contribution in [3.8, 4) is 22.5 Å². The van der Waals surface area contributed by atoms with Crippen molar-refractivity contribution in [2.24, 2.45) is 0 Å². The Balaban J connectivity index is 1.52. The maximum Gasteiger partial charge on any atom is 0.235 e. The second-order valence-electron chi connectivity index (χ2n) is 8.27. The molecule has 5 aromatic rings. The van der Waals surface area contributed by atoms with Crippen molar-refractivity contribution >= 4 is 22.5 Å². The minimum atomic E-state index is 0.719. The van der Waals surface area contributed by atoms with E-state index in [2.05, 4.69) is 83.0 Å². The van der Waals surface area contributed by atoms with Gasteiger partial charge in [0.1, 0.15) is 0 Å². The molecular weight excluding hydrogens is 396 g/mol. The van der Waals surface area contributed by atoms with Gasteiger partial charge < -0.3 is 9.64 Å². The number of nitrogens with zero attached hydrogens (tertiary/aromatic N) is 4. The van der Waals surface area contributed by atoms with Crippen LogP contribution in [-0.4, -0.2) is 40.7 Å². The summed E-state index contributed by atoms with van der Waals surface area (Å²) in [5.41, 5.74) is 8.75. The normalized spacial score (nSPS) is 14.3. The van der Waals surface area contributed by atoms with Gasteiger partial charge in [-0.2, -0.15) is 0 Å². The number of imidazole rings is 1. The van der Waals surface area contributed by atoms with Crippen LogP contribution < -0.4 is 4.90 Å². The van der Waals surface area contributed by atoms with E-state index >= 15 is 0 Å². The van der Waals surface area contributed by atoms with Gasteiger partial charge in [0.2, 0.25) is 5.78 Å². The third-order valence-corrected chi connectivity index (χ3v) is 6.16. The topological polar surface area (TPSA) is 42.7 Å². The molecule has 1 aliphatic heterocycles. The van der Waals surface area contributed by atoms with E-state index in [-0.39, 0.29) is 0 Å². The fourth-order valence-corrected chi connectivity index (χ4v) is 4.41. The van der Waals surface area contributed by atoms with Crippen molar-refractivity contribution in [2.45, 2.75) is 6.92 Å². The Morgan fingerprint density at radius 2 is 1.50 bits per heavy atom. The van der Waals surface area contributed by atoms with Gasteiger partial charge in [-0.25, -0.2) is 9.97 Å². The number of ether oxygens (including phenoxy) is 1. The molecule has 2 aromatic heterocycles. The minimum absolute atomic E-state index is 0.719. The van der Waals surface area contributed by atoms with Gasteiger partial charge in [0, 0.05) is 24.3 Å². The lowest BCUT2D eigenvalue weighted by molar-refractivity contribution is 0.122. The average molecular weight is 421 g/mol. The van der Waals surface area contributed by atoms with E-state index in [9.17, 15) is 0 Å². The molecule has 0 saturated carbocycles. The molecule has 158 valence electrons. The number of rotatable bonds is 3. The Kier molecular flexibility index (Phi) is 4.62. The fraction of sp³-hybridized carbons (Fsp3) is 0.185. The van der Waals surface area contributed by atoms with Gasteiger partial charge in [-0.3, -0.25) is 4.40 Å². The third kappa shape index (κ3) is 3.31. The Labute approximate surface area is 186 Å². The maximum absolute atomic E-state index is 5.50. The van der Waals surface area contributed by atoms with E-state index < -0.39 is 0 Å². The summed E-state index contributed by atoms with van der Waals surface area (Å²) in [6, 6.07) is 27.7. The maximum atomic E-state index is 5.50. The monoisotopic (exact) mass is 420 g/mol. The van der Waals surface area contributed by atoms with Crippen LogP contribution in [-0.2, 0) is 4.74 Å². The zero-order valence-electron chi connectivity index (χ0n) is 18.0. The Bertz CT molecular complexity index is 1400. The highest BCUT2D eigenvalue weighted by Gasteiger charge is 2.15. The summed E-state index contributed by atoms with van der Waals surface area (Å²) < 4.78 is 7.66. The molecule has 5 nitrogen and oxygen atoms in total. The third-order valence-electron chi connectivity index (χ3n) is 6.16. The quantitative estimate of drug-likeness (QED) is 0.394. The molecule has 0 unspecified atom stereocenters. The molecule has 0 amide bonds. The highest BCUT2D eigenvalue weighted by molar-refractivity contribution is 5.84. The van der Waals surface area contributed by atoms with Crippen LogP contribution in [0.1, 0.15) is 5.56 Å². The van der Waals surface area contributed by atoms with Gasteiger partial charge in [-0.1, -0.05) is 54.1 Å². The first-order valence-electron chi connectivity index (χ1n) is 11.0. The van der Waals surface area contributed by atoms with E-state index in [0.29, 0.717) is 0 Å². The first-order valence-corrected chi connectivity index (χ1v) is 11.0. The SMILES string of the molecule is Cc1ccc(-c2cc(-c3ccc(N4CCOCC4)cc3)n3c(n2)nc2ccccc23)cc1. The molecular formula is C27H24N4O. The summed E-state index contributed by atoms with van der Waals surface area (Å²) in [5.74, 6) is 0.719. The number of aryl methyl sites for hydroxylation is 1. The lowest BCUT2D eigenvalue weighted by atomic mass is 10.1. The molecule has 6 rings (SSSR count). The Morgan fingerprint density at radius 3 is 2.28 bits per heavy atom. The van der Waals surface area contributed by atoms with E-state index in [4.69, 9.17) is 14.7 Å². The van der Waals surface area contributed by atoms with Crippen LogP contribution in [0.5, 0.6) is 0 Å². The molecule has 3 aromatic carbocycles. The minimum Gasteiger partial charge on any atom is -0.378 e. The number of para-hydroxylation sites is 2. The zero-order valence-corrected chi connectivity index (χ0v) is 18.0. The molecule has 1 fully saturated rings. The number of morpholine rings is 1. The van der Waals surface area contributed by atoms with Crippen molar-refractivity contribution in [1.29, 1.82) is 0 Å².